The van der Waals surface area contributed by atoms with Crippen molar-refractivity contribution in [2.45, 2.75) is 13.8 Å². The third kappa shape index (κ3) is 2.46. The molecular weight excluding hydrogens is 292 g/mol. The molecule has 0 saturated heterocycles. The molecule has 0 amide bonds. The van der Waals surface area contributed by atoms with Crippen LogP contribution in [-0.2, 0) is 0 Å². The van der Waals surface area contributed by atoms with Crippen LogP contribution in [0.3, 0.4) is 0 Å². The fraction of sp³-hybridized carbons (Fsp3) is 0.133. The van der Waals surface area contributed by atoms with Crippen LogP contribution in [0.2, 0.25) is 0 Å². The summed E-state index contributed by atoms with van der Waals surface area (Å²) in [6.07, 6.45) is 0. The van der Waals surface area contributed by atoms with E-state index in [2.05, 4.69) is 15.9 Å². The lowest BCUT2D eigenvalue weighted by Gasteiger charge is -2.11. The van der Waals surface area contributed by atoms with E-state index in [1.165, 1.54) is 0 Å². The second kappa shape index (κ2) is 4.94. The molecule has 2 rings (SSSR count). The molecule has 0 heterocycles. The van der Waals surface area contributed by atoms with Gasteiger partial charge in [-0.1, -0.05) is 45.8 Å². The molecule has 3 heteroatoms. The Balaban J connectivity index is 2.70. The number of aromatic carboxylic acids is 1. The first-order valence-electron chi connectivity index (χ1n) is 5.59. The molecule has 0 spiro atoms. The molecule has 2 aromatic rings. The van der Waals surface area contributed by atoms with E-state index in [-0.39, 0.29) is 0 Å². The Labute approximate surface area is 114 Å². The van der Waals surface area contributed by atoms with Crippen LogP contribution in [0.25, 0.3) is 11.1 Å². The minimum atomic E-state index is -0.910. The summed E-state index contributed by atoms with van der Waals surface area (Å²) in [5.74, 6) is -0.910. The van der Waals surface area contributed by atoms with Crippen LogP contribution in [0.1, 0.15) is 21.5 Å². The number of halogens is 1. The van der Waals surface area contributed by atoms with E-state index in [0.717, 1.165) is 26.7 Å². The number of carbonyl (C=O) groups is 1. The van der Waals surface area contributed by atoms with Crippen LogP contribution < -0.4 is 0 Å². The summed E-state index contributed by atoms with van der Waals surface area (Å²) in [6, 6.07) is 11.4. The lowest BCUT2D eigenvalue weighted by molar-refractivity contribution is 0.0697. The summed E-state index contributed by atoms with van der Waals surface area (Å²) in [4.78, 5) is 11.3. The summed E-state index contributed by atoms with van der Waals surface area (Å²) in [5, 5.41) is 9.29. The van der Waals surface area contributed by atoms with E-state index in [1.807, 2.05) is 44.2 Å². The predicted molar refractivity (Wildman–Crippen MR) is 76.0 cm³/mol. The van der Waals surface area contributed by atoms with Crippen LogP contribution in [0.15, 0.2) is 40.9 Å². The van der Waals surface area contributed by atoms with Gasteiger partial charge in [-0.25, -0.2) is 4.79 Å². The van der Waals surface area contributed by atoms with Crippen molar-refractivity contribution in [2.75, 3.05) is 0 Å². The molecule has 0 saturated carbocycles. The van der Waals surface area contributed by atoms with E-state index >= 15 is 0 Å². The SMILES string of the molecule is Cc1ccc(C)c(-c2ccc(Br)cc2C(=O)O)c1. The zero-order valence-corrected chi connectivity index (χ0v) is 11.8. The van der Waals surface area contributed by atoms with Crippen molar-refractivity contribution in [2.24, 2.45) is 0 Å². The van der Waals surface area contributed by atoms with Crippen LogP contribution in [-0.4, -0.2) is 11.1 Å². The van der Waals surface area contributed by atoms with Gasteiger partial charge in [-0.3, -0.25) is 0 Å². The quantitative estimate of drug-likeness (QED) is 0.891. The maximum Gasteiger partial charge on any atom is 0.336 e. The zero-order chi connectivity index (χ0) is 13.3. The van der Waals surface area contributed by atoms with Gasteiger partial charge in [0.25, 0.3) is 0 Å². The van der Waals surface area contributed by atoms with Gasteiger partial charge in [0.1, 0.15) is 0 Å². The molecule has 0 atom stereocenters. The van der Waals surface area contributed by atoms with Crippen molar-refractivity contribution in [3.63, 3.8) is 0 Å². The van der Waals surface area contributed by atoms with E-state index in [1.54, 1.807) is 6.07 Å². The molecule has 0 aliphatic rings. The Kier molecular flexibility index (Phi) is 3.53. The van der Waals surface area contributed by atoms with Gasteiger partial charge in [0, 0.05) is 4.47 Å². The molecule has 1 N–H and O–H groups in total. The second-order valence-electron chi connectivity index (χ2n) is 4.31. The first-order valence-corrected chi connectivity index (χ1v) is 6.39. The Morgan fingerprint density at radius 1 is 1.06 bits per heavy atom. The minimum Gasteiger partial charge on any atom is -0.478 e. The molecule has 2 nitrogen and oxygen atoms in total. The van der Waals surface area contributed by atoms with Crippen LogP contribution in [0, 0.1) is 13.8 Å². The summed E-state index contributed by atoms with van der Waals surface area (Å²) < 4.78 is 0.772. The largest absolute Gasteiger partial charge is 0.478 e. The van der Waals surface area contributed by atoms with E-state index in [4.69, 9.17) is 0 Å². The van der Waals surface area contributed by atoms with Crippen LogP contribution in [0.5, 0.6) is 0 Å². The van der Waals surface area contributed by atoms with Gasteiger partial charge < -0.3 is 5.11 Å². The van der Waals surface area contributed by atoms with Crippen LogP contribution in [0.4, 0.5) is 0 Å². The molecular formula is C15H13BrO2. The van der Waals surface area contributed by atoms with E-state index in [9.17, 15) is 9.90 Å². The molecule has 18 heavy (non-hydrogen) atoms. The van der Waals surface area contributed by atoms with Gasteiger partial charge >= 0.3 is 5.97 Å². The molecule has 0 fully saturated rings. The highest BCUT2D eigenvalue weighted by Gasteiger charge is 2.13. The zero-order valence-electron chi connectivity index (χ0n) is 10.2. The highest BCUT2D eigenvalue weighted by Crippen LogP contribution is 2.30. The summed E-state index contributed by atoms with van der Waals surface area (Å²) in [6.45, 7) is 3.99. The minimum absolute atomic E-state index is 0.318. The Bertz CT molecular complexity index is 618. The summed E-state index contributed by atoms with van der Waals surface area (Å²) in [5.41, 5.74) is 4.24. The van der Waals surface area contributed by atoms with Crippen molar-refractivity contribution >= 4 is 21.9 Å². The lowest BCUT2D eigenvalue weighted by Crippen LogP contribution is -2.00. The van der Waals surface area contributed by atoms with Crippen molar-refractivity contribution in [3.05, 3.63) is 57.6 Å². The highest BCUT2D eigenvalue weighted by molar-refractivity contribution is 9.10. The van der Waals surface area contributed by atoms with E-state index < -0.39 is 5.97 Å². The molecule has 0 unspecified atom stereocenters. The average Bonchev–Trinajstić information content (AvgIpc) is 2.32. The van der Waals surface area contributed by atoms with Crippen molar-refractivity contribution in [1.82, 2.24) is 0 Å². The number of hydrogen-bond donors (Lipinski definition) is 1. The first-order chi connectivity index (χ1) is 8.49. The van der Waals surface area contributed by atoms with Crippen molar-refractivity contribution < 1.29 is 9.90 Å². The number of hydrogen-bond acceptors (Lipinski definition) is 1. The number of benzene rings is 2. The smallest absolute Gasteiger partial charge is 0.336 e. The van der Waals surface area contributed by atoms with Gasteiger partial charge in [-0.05, 0) is 42.7 Å². The van der Waals surface area contributed by atoms with Gasteiger partial charge in [-0.2, -0.15) is 0 Å². The maximum atomic E-state index is 11.3. The lowest BCUT2D eigenvalue weighted by atomic mass is 9.94. The highest BCUT2D eigenvalue weighted by atomic mass is 79.9. The maximum absolute atomic E-state index is 11.3. The fourth-order valence-corrected chi connectivity index (χ4v) is 2.32. The van der Waals surface area contributed by atoms with Crippen molar-refractivity contribution in [1.29, 1.82) is 0 Å². The molecule has 0 aliphatic heterocycles. The average molecular weight is 305 g/mol. The van der Waals surface area contributed by atoms with Gasteiger partial charge in [-0.15, -0.1) is 0 Å². The Hall–Kier alpha value is -1.61. The number of rotatable bonds is 2. The Morgan fingerprint density at radius 3 is 2.44 bits per heavy atom. The normalized spacial score (nSPS) is 10.4. The van der Waals surface area contributed by atoms with Gasteiger partial charge in [0.2, 0.25) is 0 Å². The first kappa shape index (κ1) is 12.8. The monoisotopic (exact) mass is 304 g/mol. The second-order valence-corrected chi connectivity index (χ2v) is 5.23. The topological polar surface area (TPSA) is 37.3 Å². The van der Waals surface area contributed by atoms with Gasteiger partial charge in [0.15, 0.2) is 0 Å². The fourth-order valence-electron chi connectivity index (χ4n) is 1.95. The predicted octanol–water partition coefficient (Wildman–Crippen LogP) is 4.43. The molecule has 2 aromatic carbocycles. The number of carboxylic acids is 1. The summed E-state index contributed by atoms with van der Waals surface area (Å²) in [7, 11) is 0. The third-order valence-corrected chi connectivity index (χ3v) is 3.39. The molecule has 92 valence electrons. The van der Waals surface area contributed by atoms with Crippen LogP contribution >= 0.6 is 15.9 Å². The standard InChI is InChI=1S/C15H13BrO2/c1-9-3-4-10(2)13(7-9)12-6-5-11(16)8-14(12)15(17)18/h3-8H,1-2H3,(H,17,18). The van der Waals surface area contributed by atoms with Gasteiger partial charge in [0.05, 0.1) is 5.56 Å². The molecule has 0 radical (unpaired) electrons. The van der Waals surface area contributed by atoms with Crippen molar-refractivity contribution in [3.8, 4) is 11.1 Å². The summed E-state index contributed by atoms with van der Waals surface area (Å²) >= 11 is 3.31. The third-order valence-electron chi connectivity index (χ3n) is 2.90. The molecule has 0 bridgehead atoms. The molecule has 0 aliphatic carbocycles. The number of aryl methyl sites for hydroxylation is 2. The Morgan fingerprint density at radius 2 is 1.78 bits per heavy atom. The van der Waals surface area contributed by atoms with E-state index in [0.29, 0.717) is 5.56 Å². The molecule has 0 aromatic heterocycles. The number of carboxylic acid groups (broad SMARTS) is 1.